The first-order chi connectivity index (χ1) is 14.7. The van der Waals surface area contributed by atoms with E-state index in [1.54, 1.807) is 24.3 Å². The number of hydrogen-bond acceptors (Lipinski definition) is 6. The summed E-state index contributed by atoms with van der Waals surface area (Å²) in [7, 11) is 0. The lowest BCUT2D eigenvalue weighted by atomic mass is 10.1. The Kier molecular flexibility index (Phi) is 7.60. The number of nitrogens with one attached hydrogen (secondary N) is 1. The third-order valence-corrected chi connectivity index (χ3v) is 4.15. The Morgan fingerprint density at radius 2 is 1.63 bits per heavy atom. The summed E-state index contributed by atoms with van der Waals surface area (Å²) in [6, 6.07) is 18.5. The summed E-state index contributed by atoms with van der Waals surface area (Å²) >= 11 is 0. The van der Waals surface area contributed by atoms with E-state index in [0.717, 1.165) is 11.3 Å². The average Bonchev–Trinajstić information content (AvgIpc) is 2.79. The SMILES string of the molecule is CCOc1ccc(C(=O)NCCOc2ccc(-c3ccccc3)nn2)cc1OCC. The van der Waals surface area contributed by atoms with Crippen LogP contribution in [-0.4, -0.2) is 42.5 Å². The minimum absolute atomic E-state index is 0.215. The van der Waals surface area contributed by atoms with Crippen LogP contribution in [0.2, 0.25) is 0 Å². The maximum absolute atomic E-state index is 12.4. The van der Waals surface area contributed by atoms with Gasteiger partial charge in [-0.2, -0.15) is 0 Å². The lowest BCUT2D eigenvalue weighted by Gasteiger charge is -2.12. The summed E-state index contributed by atoms with van der Waals surface area (Å²) in [5.74, 6) is 1.37. The highest BCUT2D eigenvalue weighted by atomic mass is 16.5. The van der Waals surface area contributed by atoms with Gasteiger partial charge >= 0.3 is 0 Å². The summed E-state index contributed by atoms with van der Waals surface area (Å²) in [4.78, 5) is 12.4. The van der Waals surface area contributed by atoms with E-state index in [1.807, 2.05) is 50.2 Å². The van der Waals surface area contributed by atoms with Crippen molar-refractivity contribution >= 4 is 5.91 Å². The van der Waals surface area contributed by atoms with Crippen molar-refractivity contribution in [2.45, 2.75) is 13.8 Å². The Hall–Kier alpha value is -3.61. The number of amides is 1. The maximum atomic E-state index is 12.4. The molecule has 7 nitrogen and oxygen atoms in total. The van der Waals surface area contributed by atoms with E-state index < -0.39 is 0 Å². The smallest absolute Gasteiger partial charge is 0.251 e. The molecule has 1 heterocycles. The Labute approximate surface area is 176 Å². The Balaban J connectivity index is 1.49. The second-order valence-electron chi connectivity index (χ2n) is 6.25. The highest BCUT2D eigenvalue weighted by Gasteiger charge is 2.11. The number of hydrogen-bond donors (Lipinski definition) is 1. The molecule has 0 saturated carbocycles. The van der Waals surface area contributed by atoms with E-state index in [0.29, 0.717) is 42.7 Å². The zero-order valence-electron chi connectivity index (χ0n) is 17.1. The predicted octanol–water partition coefficient (Wildman–Crippen LogP) is 3.75. The van der Waals surface area contributed by atoms with Crippen molar-refractivity contribution in [1.29, 1.82) is 0 Å². The van der Waals surface area contributed by atoms with Crippen LogP contribution in [0, 0.1) is 0 Å². The Morgan fingerprint density at radius 3 is 2.33 bits per heavy atom. The molecule has 0 aliphatic rings. The molecule has 3 rings (SSSR count). The fourth-order valence-corrected chi connectivity index (χ4v) is 2.77. The zero-order chi connectivity index (χ0) is 21.2. The van der Waals surface area contributed by atoms with Crippen molar-refractivity contribution < 1.29 is 19.0 Å². The molecule has 0 unspecified atom stereocenters. The monoisotopic (exact) mass is 407 g/mol. The number of nitrogens with zero attached hydrogens (tertiary/aromatic N) is 2. The van der Waals surface area contributed by atoms with Crippen molar-refractivity contribution in [3.05, 3.63) is 66.2 Å². The van der Waals surface area contributed by atoms with E-state index >= 15 is 0 Å². The van der Waals surface area contributed by atoms with E-state index in [1.165, 1.54) is 0 Å². The highest BCUT2D eigenvalue weighted by molar-refractivity contribution is 5.94. The minimum Gasteiger partial charge on any atom is -0.490 e. The molecule has 7 heteroatoms. The van der Waals surface area contributed by atoms with E-state index in [2.05, 4.69) is 15.5 Å². The van der Waals surface area contributed by atoms with Gasteiger partial charge in [-0.15, -0.1) is 10.2 Å². The number of ether oxygens (including phenoxy) is 3. The fraction of sp³-hybridized carbons (Fsp3) is 0.261. The molecule has 0 bridgehead atoms. The van der Waals surface area contributed by atoms with Crippen molar-refractivity contribution in [1.82, 2.24) is 15.5 Å². The third kappa shape index (κ3) is 5.70. The van der Waals surface area contributed by atoms with E-state index in [-0.39, 0.29) is 12.5 Å². The molecule has 0 atom stereocenters. The van der Waals surface area contributed by atoms with Crippen LogP contribution < -0.4 is 19.5 Å². The van der Waals surface area contributed by atoms with Gasteiger partial charge in [-0.05, 0) is 38.1 Å². The molecule has 0 fully saturated rings. The lowest BCUT2D eigenvalue weighted by Crippen LogP contribution is -2.28. The molecule has 1 amide bonds. The molecule has 0 aliphatic heterocycles. The van der Waals surface area contributed by atoms with Crippen LogP contribution in [0.3, 0.4) is 0 Å². The van der Waals surface area contributed by atoms with Gasteiger partial charge in [0.05, 0.1) is 25.5 Å². The third-order valence-electron chi connectivity index (χ3n) is 4.15. The summed E-state index contributed by atoms with van der Waals surface area (Å²) in [6.45, 7) is 5.41. The molecule has 0 aliphatic carbocycles. The second kappa shape index (κ2) is 10.8. The highest BCUT2D eigenvalue weighted by Crippen LogP contribution is 2.28. The molecule has 3 aromatic rings. The standard InChI is InChI=1S/C23H25N3O4/c1-3-28-20-12-10-18(16-21(20)29-4-2)23(27)24-14-15-30-22-13-11-19(25-26-22)17-8-6-5-7-9-17/h5-13,16H,3-4,14-15H2,1-2H3,(H,24,27). The van der Waals surface area contributed by atoms with Gasteiger partial charge in [0.1, 0.15) is 6.61 Å². The van der Waals surface area contributed by atoms with Crippen molar-refractivity contribution in [2.75, 3.05) is 26.4 Å². The van der Waals surface area contributed by atoms with E-state index in [9.17, 15) is 4.79 Å². The van der Waals surface area contributed by atoms with Gasteiger partial charge in [-0.1, -0.05) is 30.3 Å². The van der Waals surface area contributed by atoms with Crippen molar-refractivity contribution in [3.8, 4) is 28.6 Å². The van der Waals surface area contributed by atoms with Crippen LogP contribution in [0.5, 0.6) is 17.4 Å². The van der Waals surface area contributed by atoms with Crippen LogP contribution in [0.1, 0.15) is 24.2 Å². The van der Waals surface area contributed by atoms with Crippen LogP contribution >= 0.6 is 0 Å². The first kappa shape index (κ1) is 21.1. The Bertz CT molecular complexity index is 946. The van der Waals surface area contributed by atoms with Gasteiger partial charge in [-0.25, -0.2) is 0 Å². The molecule has 0 radical (unpaired) electrons. The quantitative estimate of drug-likeness (QED) is 0.516. The van der Waals surface area contributed by atoms with Gasteiger partial charge in [0.2, 0.25) is 5.88 Å². The number of carbonyl (C=O) groups excluding carboxylic acids is 1. The molecule has 2 aromatic carbocycles. The van der Waals surface area contributed by atoms with Crippen LogP contribution in [0.15, 0.2) is 60.7 Å². The largest absolute Gasteiger partial charge is 0.490 e. The maximum Gasteiger partial charge on any atom is 0.251 e. The van der Waals surface area contributed by atoms with Gasteiger partial charge in [0.15, 0.2) is 11.5 Å². The number of rotatable bonds is 10. The Morgan fingerprint density at radius 1 is 0.867 bits per heavy atom. The van der Waals surface area contributed by atoms with Gasteiger partial charge < -0.3 is 19.5 Å². The number of carbonyl (C=O) groups is 1. The molecule has 30 heavy (non-hydrogen) atoms. The molecular formula is C23H25N3O4. The van der Waals surface area contributed by atoms with Crippen LogP contribution in [-0.2, 0) is 0 Å². The summed E-state index contributed by atoms with van der Waals surface area (Å²) in [6.07, 6.45) is 0. The minimum atomic E-state index is -0.215. The molecular weight excluding hydrogens is 382 g/mol. The molecule has 0 spiro atoms. The normalized spacial score (nSPS) is 10.3. The number of aromatic nitrogens is 2. The van der Waals surface area contributed by atoms with Gasteiger partial charge in [0, 0.05) is 17.2 Å². The lowest BCUT2D eigenvalue weighted by molar-refractivity contribution is 0.0946. The van der Waals surface area contributed by atoms with E-state index in [4.69, 9.17) is 14.2 Å². The van der Waals surface area contributed by atoms with Crippen molar-refractivity contribution in [2.24, 2.45) is 0 Å². The zero-order valence-corrected chi connectivity index (χ0v) is 17.1. The number of benzene rings is 2. The van der Waals surface area contributed by atoms with Crippen molar-refractivity contribution in [3.63, 3.8) is 0 Å². The average molecular weight is 407 g/mol. The summed E-state index contributed by atoms with van der Waals surface area (Å²) < 4.78 is 16.6. The van der Waals surface area contributed by atoms with Gasteiger partial charge in [0.25, 0.3) is 5.91 Å². The van der Waals surface area contributed by atoms with Crippen LogP contribution in [0.25, 0.3) is 11.3 Å². The summed E-state index contributed by atoms with van der Waals surface area (Å²) in [5.41, 5.74) is 2.26. The summed E-state index contributed by atoms with van der Waals surface area (Å²) in [5, 5.41) is 11.1. The molecule has 156 valence electrons. The molecule has 1 N–H and O–H groups in total. The van der Waals surface area contributed by atoms with Crippen LogP contribution in [0.4, 0.5) is 0 Å². The first-order valence-electron chi connectivity index (χ1n) is 9.91. The second-order valence-corrected chi connectivity index (χ2v) is 6.25. The topological polar surface area (TPSA) is 82.6 Å². The predicted molar refractivity (Wildman–Crippen MR) is 114 cm³/mol. The molecule has 1 aromatic heterocycles. The molecule has 0 saturated heterocycles. The first-order valence-corrected chi connectivity index (χ1v) is 9.91. The van der Waals surface area contributed by atoms with Gasteiger partial charge in [-0.3, -0.25) is 4.79 Å². The fourth-order valence-electron chi connectivity index (χ4n) is 2.77.